The maximum atomic E-state index is 12.4. The Morgan fingerprint density at radius 1 is 1.00 bits per heavy atom. The quantitative estimate of drug-likeness (QED) is 0.718. The number of carbonyl (C=O) groups is 2. The molecule has 1 aliphatic rings. The van der Waals surface area contributed by atoms with Gasteiger partial charge in [0, 0.05) is 25.2 Å². The van der Waals surface area contributed by atoms with Gasteiger partial charge < -0.3 is 20.3 Å². The highest BCUT2D eigenvalue weighted by atomic mass is 19.4. The van der Waals surface area contributed by atoms with Gasteiger partial charge in [-0.25, -0.2) is 0 Å². The number of benzene rings is 2. The van der Waals surface area contributed by atoms with Gasteiger partial charge in [-0.2, -0.15) is 0 Å². The van der Waals surface area contributed by atoms with Crippen LogP contribution < -0.4 is 15.4 Å². The van der Waals surface area contributed by atoms with Crippen LogP contribution in [0, 0.1) is 0 Å². The maximum absolute atomic E-state index is 12.4. The fraction of sp³-hybridized carbons (Fsp3) is 0.333. The number of alkyl halides is 3. The fourth-order valence-corrected chi connectivity index (χ4v) is 3.13. The van der Waals surface area contributed by atoms with E-state index in [1.807, 2.05) is 4.90 Å². The number of rotatable bonds is 7. The summed E-state index contributed by atoms with van der Waals surface area (Å²) < 4.78 is 41.3. The molecule has 0 saturated carbocycles. The van der Waals surface area contributed by atoms with E-state index >= 15 is 0 Å². The minimum atomic E-state index is -4.82. The van der Waals surface area contributed by atoms with Crippen molar-refractivity contribution in [2.24, 2.45) is 0 Å². The van der Waals surface area contributed by atoms with Crippen molar-refractivity contribution in [2.75, 3.05) is 25.0 Å². The Hall–Kier alpha value is -3.23. The molecule has 1 heterocycles. The van der Waals surface area contributed by atoms with Crippen LogP contribution in [0.15, 0.2) is 48.5 Å². The molecule has 0 atom stereocenters. The Bertz CT molecular complexity index is 879. The molecule has 0 bridgehead atoms. The van der Waals surface area contributed by atoms with Crippen LogP contribution >= 0.6 is 0 Å². The maximum Gasteiger partial charge on any atom is 0.573 e. The van der Waals surface area contributed by atoms with Crippen LogP contribution in [0.4, 0.5) is 18.9 Å². The zero-order chi connectivity index (χ0) is 21.6. The van der Waals surface area contributed by atoms with Gasteiger partial charge in [-0.3, -0.25) is 9.59 Å². The van der Waals surface area contributed by atoms with Gasteiger partial charge >= 0.3 is 6.36 Å². The molecular weight excluding hydrogens is 399 g/mol. The average Bonchev–Trinajstić information content (AvgIpc) is 3.25. The van der Waals surface area contributed by atoms with Crippen LogP contribution in [0.2, 0.25) is 0 Å². The predicted octanol–water partition coefficient (Wildman–Crippen LogP) is 3.55. The minimum Gasteiger partial charge on any atom is -0.404 e. The number of anilines is 1. The van der Waals surface area contributed by atoms with Crippen molar-refractivity contribution in [1.29, 1.82) is 0 Å². The van der Waals surface area contributed by atoms with Crippen molar-refractivity contribution in [2.45, 2.75) is 25.7 Å². The summed E-state index contributed by atoms with van der Waals surface area (Å²) in [5.41, 5.74) is 1.48. The summed E-state index contributed by atoms with van der Waals surface area (Å²) in [5, 5.41) is 5.32. The van der Waals surface area contributed by atoms with E-state index in [2.05, 4.69) is 15.4 Å². The van der Waals surface area contributed by atoms with E-state index in [0.717, 1.165) is 31.5 Å². The molecular formula is C21H22F3N3O3. The largest absolute Gasteiger partial charge is 0.573 e. The first-order chi connectivity index (χ1) is 14.3. The molecule has 0 spiro atoms. The lowest BCUT2D eigenvalue weighted by Gasteiger charge is -2.15. The third kappa shape index (κ3) is 6.13. The highest BCUT2D eigenvalue weighted by molar-refractivity contribution is 5.94. The van der Waals surface area contributed by atoms with Gasteiger partial charge in [-0.1, -0.05) is 24.3 Å². The van der Waals surface area contributed by atoms with E-state index < -0.39 is 18.0 Å². The van der Waals surface area contributed by atoms with Crippen LogP contribution in [0.5, 0.6) is 5.75 Å². The van der Waals surface area contributed by atoms with Crippen molar-refractivity contribution in [3.8, 4) is 5.75 Å². The first-order valence-electron chi connectivity index (χ1n) is 9.55. The summed E-state index contributed by atoms with van der Waals surface area (Å²) >= 11 is 0. The van der Waals surface area contributed by atoms with Crippen LogP contribution in [0.1, 0.15) is 28.8 Å². The number of likely N-dealkylation sites (tertiary alicyclic amines) is 1. The number of halogens is 3. The number of carbonyl (C=O) groups excluding carboxylic acids is 2. The summed E-state index contributed by atoms with van der Waals surface area (Å²) in [7, 11) is 0. The summed E-state index contributed by atoms with van der Waals surface area (Å²) in [6.45, 7) is 1.57. The van der Waals surface area contributed by atoms with Crippen LogP contribution in [-0.4, -0.2) is 42.7 Å². The second-order valence-corrected chi connectivity index (χ2v) is 6.87. The zero-order valence-corrected chi connectivity index (χ0v) is 16.2. The van der Waals surface area contributed by atoms with Crippen molar-refractivity contribution < 1.29 is 27.5 Å². The summed E-state index contributed by atoms with van der Waals surface area (Å²) in [6.07, 6.45) is -2.77. The molecule has 1 fully saturated rings. The molecule has 1 aliphatic heterocycles. The smallest absolute Gasteiger partial charge is 0.404 e. The molecule has 2 aromatic carbocycles. The monoisotopic (exact) mass is 421 g/mol. The normalized spacial score (nSPS) is 13.8. The molecule has 2 N–H and O–H groups in total. The Balaban J connectivity index is 1.48. The van der Waals surface area contributed by atoms with E-state index in [1.165, 1.54) is 24.3 Å². The SMILES string of the molecule is O=C(CNc1ccccc1OC(F)(F)F)NCc1ccc(C(=O)N2CCCC2)cc1. The van der Waals surface area contributed by atoms with Crippen LogP contribution in [0.3, 0.4) is 0 Å². The first kappa shape index (κ1) is 21.5. The Kier molecular flexibility index (Phi) is 6.81. The molecule has 3 rings (SSSR count). The van der Waals surface area contributed by atoms with Crippen molar-refractivity contribution in [3.05, 3.63) is 59.7 Å². The van der Waals surface area contributed by atoms with E-state index in [4.69, 9.17) is 0 Å². The molecule has 0 radical (unpaired) electrons. The number of hydrogen-bond donors (Lipinski definition) is 2. The molecule has 30 heavy (non-hydrogen) atoms. The van der Waals surface area contributed by atoms with Crippen LogP contribution in [-0.2, 0) is 11.3 Å². The van der Waals surface area contributed by atoms with Crippen molar-refractivity contribution in [3.63, 3.8) is 0 Å². The molecule has 0 unspecified atom stereocenters. The van der Waals surface area contributed by atoms with Crippen LogP contribution in [0.25, 0.3) is 0 Å². The van der Waals surface area contributed by atoms with Gasteiger partial charge in [-0.15, -0.1) is 13.2 Å². The van der Waals surface area contributed by atoms with Gasteiger partial charge in [-0.05, 0) is 42.7 Å². The van der Waals surface area contributed by atoms with E-state index in [0.29, 0.717) is 5.56 Å². The average molecular weight is 421 g/mol. The van der Waals surface area contributed by atoms with Crippen molar-refractivity contribution >= 4 is 17.5 Å². The number of para-hydroxylation sites is 2. The van der Waals surface area contributed by atoms with Gasteiger partial charge in [0.15, 0.2) is 5.75 Å². The predicted molar refractivity (Wildman–Crippen MR) is 105 cm³/mol. The van der Waals surface area contributed by atoms with Gasteiger partial charge in [0.1, 0.15) is 0 Å². The van der Waals surface area contributed by atoms with E-state index in [1.54, 1.807) is 24.3 Å². The lowest BCUT2D eigenvalue weighted by atomic mass is 10.1. The fourth-order valence-electron chi connectivity index (χ4n) is 3.13. The molecule has 160 valence electrons. The third-order valence-corrected chi connectivity index (χ3v) is 4.64. The number of nitrogens with zero attached hydrogens (tertiary/aromatic N) is 1. The lowest BCUT2D eigenvalue weighted by Crippen LogP contribution is -2.30. The summed E-state index contributed by atoms with van der Waals surface area (Å²) in [5.74, 6) is -0.794. The van der Waals surface area contributed by atoms with Crippen molar-refractivity contribution in [1.82, 2.24) is 10.2 Å². The third-order valence-electron chi connectivity index (χ3n) is 4.64. The van der Waals surface area contributed by atoms with Gasteiger partial charge in [0.25, 0.3) is 5.91 Å². The number of amides is 2. The molecule has 1 saturated heterocycles. The Morgan fingerprint density at radius 3 is 2.33 bits per heavy atom. The molecule has 2 amide bonds. The topological polar surface area (TPSA) is 70.7 Å². The highest BCUT2D eigenvalue weighted by Gasteiger charge is 2.32. The summed E-state index contributed by atoms with van der Waals surface area (Å²) in [4.78, 5) is 26.2. The second-order valence-electron chi connectivity index (χ2n) is 6.87. The minimum absolute atomic E-state index is 0.00651. The second kappa shape index (κ2) is 9.51. The molecule has 2 aromatic rings. The summed E-state index contributed by atoms with van der Waals surface area (Å²) in [6, 6.07) is 12.5. The van der Waals surface area contributed by atoms with E-state index in [-0.39, 0.29) is 24.7 Å². The van der Waals surface area contributed by atoms with E-state index in [9.17, 15) is 22.8 Å². The van der Waals surface area contributed by atoms with Gasteiger partial charge in [0.05, 0.1) is 12.2 Å². The first-order valence-corrected chi connectivity index (χ1v) is 9.55. The number of nitrogens with one attached hydrogen (secondary N) is 2. The zero-order valence-electron chi connectivity index (χ0n) is 16.2. The molecule has 6 nitrogen and oxygen atoms in total. The number of hydrogen-bond acceptors (Lipinski definition) is 4. The lowest BCUT2D eigenvalue weighted by molar-refractivity contribution is -0.274. The standard InChI is InChI=1S/C21H22F3N3O3/c22-21(23,24)30-18-6-2-1-5-17(18)25-14-19(28)26-13-15-7-9-16(10-8-15)20(29)27-11-3-4-12-27/h1-2,5-10,25H,3-4,11-14H2,(H,26,28). The Labute approximate surface area is 172 Å². The molecule has 9 heteroatoms. The highest BCUT2D eigenvalue weighted by Crippen LogP contribution is 2.29. The molecule has 0 aliphatic carbocycles. The van der Waals surface area contributed by atoms with Gasteiger partial charge in [0.2, 0.25) is 5.91 Å². The number of ether oxygens (including phenoxy) is 1. The molecule has 0 aromatic heterocycles. The Morgan fingerprint density at radius 2 is 1.67 bits per heavy atom.